The SMILES string of the molecule is COc1ccc(CNc2nc3c(F)cc(F)cc3c3nc([C@@H]4CC[C@H](C)N(C(=O)c5ccc(F)nc5)C4)nn23)c(OC)c1. The molecule has 3 aromatic heterocycles. The number of ether oxygens (including phenoxy) is 2. The third-order valence-electron chi connectivity index (χ3n) is 7.72. The molecule has 1 aliphatic rings. The minimum atomic E-state index is -0.830. The van der Waals surface area contributed by atoms with Crippen molar-refractivity contribution in [3.63, 3.8) is 0 Å². The van der Waals surface area contributed by atoms with Crippen LogP contribution in [-0.4, -0.2) is 62.2 Å². The van der Waals surface area contributed by atoms with Gasteiger partial charge in [0, 0.05) is 48.9 Å². The van der Waals surface area contributed by atoms with Gasteiger partial charge in [-0.05, 0) is 50.1 Å². The minimum absolute atomic E-state index is 0.0603. The highest BCUT2D eigenvalue weighted by Gasteiger charge is 2.33. The van der Waals surface area contributed by atoms with Gasteiger partial charge in [-0.25, -0.2) is 23.7 Å². The summed E-state index contributed by atoms with van der Waals surface area (Å²) in [7, 11) is 3.11. The van der Waals surface area contributed by atoms with E-state index in [4.69, 9.17) is 19.6 Å². The lowest BCUT2D eigenvalue weighted by Gasteiger charge is -2.37. The number of nitrogens with zero attached hydrogens (tertiary/aromatic N) is 6. The Labute approximate surface area is 244 Å². The highest BCUT2D eigenvalue weighted by atomic mass is 19.1. The van der Waals surface area contributed by atoms with Crippen molar-refractivity contribution in [3.8, 4) is 11.5 Å². The van der Waals surface area contributed by atoms with Crippen LogP contribution in [0.5, 0.6) is 11.5 Å². The Morgan fingerprint density at radius 1 is 1.05 bits per heavy atom. The number of carbonyl (C=O) groups excluding carboxylic acids is 1. The molecule has 2 atom stereocenters. The third-order valence-corrected chi connectivity index (χ3v) is 7.72. The van der Waals surface area contributed by atoms with Crippen LogP contribution in [0.15, 0.2) is 48.7 Å². The summed E-state index contributed by atoms with van der Waals surface area (Å²) in [6.45, 7) is 2.49. The molecule has 0 spiro atoms. The monoisotopic (exact) mass is 591 g/mol. The van der Waals surface area contributed by atoms with Crippen molar-refractivity contribution in [1.29, 1.82) is 0 Å². The molecule has 4 heterocycles. The van der Waals surface area contributed by atoms with Gasteiger partial charge in [-0.3, -0.25) is 4.79 Å². The zero-order valence-electron chi connectivity index (χ0n) is 23.6. The summed E-state index contributed by atoms with van der Waals surface area (Å²) >= 11 is 0. The molecule has 6 rings (SSSR count). The molecule has 1 amide bonds. The van der Waals surface area contributed by atoms with Gasteiger partial charge in [0.05, 0.1) is 25.2 Å². The van der Waals surface area contributed by atoms with Gasteiger partial charge in [0.1, 0.15) is 22.8 Å². The molecule has 0 bridgehead atoms. The lowest BCUT2D eigenvalue weighted by Crippen LogP contribution is -2.45. The maximum absolute atomic E-state index is 15.0. The van der Waals surface area contributed by atoms with Gasteiger partial charge in [-0.2, -0.15) is 8.91 Å². The molecule has 43 heavy (non-hydrogen) atoms. The van der Waals surface area contributed by atoms with Crippen molar-refractivity contribution >= 4 is 28.4 Å². The quantitative estimate of drug-likeness (QED) is 0.260. The molecular weight excluding hydrogens is 563 g/mol. The first-order chi connectivity index (χ1) is 20.7. The van der Waals surface area contributed by atoms with E-state index >= 15 is 0 Å². The zero-order valence-corrected chi connectivity index (χ0v) is 23.6. The summed E-state index contributed by atoms with van der Waals surface area (Å²) < 4.78 is 54.8. The minimum Gasteiger partial charge on any atom is -0.497 e. The molecule has 1 N–H and O–H groups in total. The number of fused-ring (bicyclic) bond motifs is 3. The molecule has 0 aliphatic carbocycles. The van der Waals surface area contributed by atoms with E-state index in [0.29, 0.717) is 36.7 Å². The Hall–Kier alpha value is -4.94. The van der Waals surface area contributed by atoms with Crippen LogP contribution in [0.3, 0.4) is 0 Å². The number of carbonyl (C=O) groups is 1. The topological polar surface area (TPSA) is 107 Å². The Morgan fingerprint density at radius 2 is 1.88 bits per heavy atom. The first-order valence-electron chi connectivity index (χ1n) is 13.7. The number of nitrogens with one attached hydrogen (secondary N) is 1. The molecule has 0 radical (unpaired) electrons. The molecule has 13 heteroatoms. The lowest BCUT2D eigenvalue weighted by atomic mass is 9.92. The first-order valence-corrected chi connectivity index (χ1v) is 13.7. The Morgan fingerprint density at radius 3 is 2.63 bits per heavy atom. The van der Waals surface area contributed by atoms with E-state index in [-0.39, 0.29) is 52.5 Å². The summed E-state index contributed by atoms with van der Waals surface area (Å²) in [4.78, 5) is 27.8. The molecule has 1 saturated heterocycles. The van der Waals surface area contributed by atoms with Crippen molar-refractivity contribution in [1.82, 2.24) is 29.5 Å². The number of piperidine rings is 1. The van der Waals surface area contributed by atoms with Crippen LogP contribution >= 0.6 is 0 Å². The lowest BCUT2D eigenvalue weighted by molar-refractivity contribution is 0.0605. The van der Waals surface area contributed by atoms with Gasteiger partial charge in [0.15, 0.2) is 17.3 Å². The predicted molar refractivity (Wildman–Crippen MR) is 152 cm³/mol. The first kappa shape index (κ1) is 28.2. The average Bonchev–Trinajstić information content (AvgIpc) is 3.46. The number of pyridine rings is 1. The van der Waals surface area contributed by atoms with E-state index in [1.807, 2.05) is 13.0 Å². The highest BCUT2D eigenvalue weighted by molar-refractivity contribution is 5.94. The van der Waals surface area contributed by atoms with Gasteiger partial charge < -0.3 is 19.7 Å². The van der Waals surface area contributed by atoms with E-state index < -0.39 is 17.6 Å². The maximum atomic E-state index is 15.0. The molecule has 222 valence electrons. The van der Waals surface area contributed by atoms with E-state index in [1.54, 1.807) is 31.3 Å². The van der Waals surface area contributed by atoms with E-state index in [9.17, 15) is 18.0 Å². The van der Waals surface area contributed by atoms with Gasteiger partial charge in [0.25, 0.3) is 5.91 Å². The van der Waals surface area contributed by atoms with Gasteiger partial charge in [-0.1, -0.05) is 0 Å². The molecule has 5 aromatic rings. The fourth-order valence-corrected chi connectivity index (χ4v) is 5.38. The summed E-state index contributed by atoms with van der Waals surface area (Å²) in [5.74, 6) is -1.00. The van der Waals surface area contributed by atoms with E-state index in [1.165, 1.54) is 22.8 Å². The van der Waals surface area contributed by atoms with Crippen LogP contribution in [0.25, 0.3) is 16.6 Å². The van der Waals surface area contributed by atoms with E-state index in [0.717, 1.165) is 17.7 Å². The van der Waals surface area contributed by atoms with Crippen LogP contribution in [0.4, 0.5) is 19.1 Å². The second-order valence-electron chi connectivity index (χ2n) is 10.4. The number of hydrogen-bond acceptors (Lipinski definition) is 8. The van der Waals surface area contributed by atoms with Crippen molar-refractivity contribution in [2.45, 2.75) is 38.3 Å². The highest BCUT2D eigenvalue weighted by Crippen LogP contribution is 2.32. The maximum Gasteiger partial charge on any atom is 0.255 e. The Bertz CT molecular complexity index is 1830. The van der Waals surface area contributed by atoms with Crippen molar-refractivity contribution < 1.29 is 27.4 Å². The van der Waals surface area contributed by atoms with Crippen LogP contribution in [0, 0.1) is 17.6 Å². The number of hydrogen-bond donors (Lipinski definition) is 1. The predicted octanol–water partition coefficient (Wildman–Crippen LogP) is 5.13. The normalized spacial score (nSPS) is 16.9. The fraction of sp³-hybridized carbons (Fsp3) is 0.300. The smallest absolute Gasteiger partial charge is 0.255 e. The van der Waals surface area contributed by atoms with E-state index in [2.05, 4.69) is 15.3 Å². The van der Waals surface area contributed by atoms with Gasteiger partial charge in [0.2, 0.25) is 11.9 Å². The number of benzene rings is 2. The number of likely N-dealkylation sites (tertiary alicyclic amines) is 1. The fourth-order valence-electron chi connectivity index (χ4n) is 5.38. The zero-order chi connectivity index (χ0) is 30.2. The summed E-state index contributed by atoms with van der Waals surface area (Å²) in [5.41, 5.74) is 1.22. The number of halogens is 3. The number of anilines is 1. The molecule has 0 unspecified atom stereocenters. The van der Waals surface area contributed by atoms with Crippen LogP contribution in [-0.2, 0) is 6.54 Å². The molecule has 0 saturated carbocycles. The summed E-state index contributed by atoms with van der Waals surface area (Å²) in [6, 6.07) is 9.79. The summed E-state index contributed by atoms with van der Waals surface area (Å²) in [5, 5.41) is 8.07. The Balaban J connectivity index is 1.37. The van der Waals surface area contributed by atoms with Gasteiger partial charge >= 0.3 is 0 Å². The second-order valence-corrected chi connectivity index (χ2v) is 10.4. The third kappa shape index (κ3) is 5.38. The number of aromatic nitrogens is 5. The van der Waals surface area contributed by atoms with Crippen LogP contribution < -0.4 is 14.8 Å². The second kappa shape index (κ2) is 11.4. The molecule has 10 nitrogen and oxygen atoms in total. The standard InChI is InChI=1S/C30H28F3N7O3/c1-16-4-5-19(15-39(16)29(41)18-7-9-25(33)34-14-18)27-37-28-22-10-20(31)11-23(32)26(22)36-30(40(28)38-27)35-13-17-6-8-21(42-2)12-24(17)43-3/h6-12,14,16,19H,4-5,13,15H2,1-3H3,(H,35,36)/t16-,19+/m0/s1. The van der Waals surface area contributed by atoms with Crippen LogP contribution in [0.1, 0.15) is 47.4 Å². The number of amides is 1. The average molecular weight is 592 g/mol. The Kier molecular flexibility index (Phi) is 7.46. The van der Waals surface area contributed by atoms with Crippen molar-refractivity contribution in [2.75, 3.05) is 26.1 Å². The molecular formula is C30H28F3N7O3. The number of rotatable bonds is 7. The molecule has 1 fully saturated rings. The number of methoxy groups -OCH3 is 2. The summed E-state index contributed by atoms with van der Waals surface area (Å²) in [6.07, 6.45) is 2.57. The largest absolute Gasteiger partial charge is 0.497 e. The van der Waals surface area contributed by atoms with Crippen LogP contribution in [0.2, 0.25) is 0 Å². The van der Waals surface area contributed by atoms with Crippen molar-refractivity contribution in [2.24, 2.45) is 0 Å². The van der Waals surface area contributed by atoms with Gasteiger partial charge in [-0.15, -0.1) is 5.10 Å². The molecule has 2 aromatic carbocycles. The molecule has 1 aliphatic heterocycles. The van der Waals surface area contributed by atoms with Crippen molar-refractivity contribution in [3.05, 3.63) is 83.2 Å².